The second kappa shape index (κ2) is 6.58. The van der Waals surface area contributed by atoms with Gasteiger partial charge in [-0.1, -0.05) is 44.2 Å². The summed E-state index contributed by atoms with van der Waals surface area (Å²) in [6.45, 7) is 6.16. The maximum Gasteiger partial charge on any atom is 0.230 e. The molecule has 1 heterocycles. The van der Waals surface area contributed by atoms with Gasteiger partial charge in [-0.15, -0.1) is 0 Å². The minimum Gasteiger partial charge on any atom is -0.396 e. The molecule has 1 aromatic carbocycles. The lowest BCUT2D eigenvalue weighted by atomic mass is 9.72. The number of rotatable bonds is 5. The molecule has 0 saturated carbocycles. The molecule has 3 N–H and O–H groups in total. The van der Waals surface area contributed by atoms with E-state index in [-0.39, 0.29) is 17.9 Å². The molecule has 0 bridgehead atoms. The number of hydrogen-bond donors (Lipinski definition) is 3. The Kier molecular flexibility index (Phi) is 5.01. The van der Waals surface area contributed by atoms with Gasteiger partial charge in [0, 0.05) is 18.6 Å². The van der Waals surface area contributed by atoms with Crippen LogP contribution in [0.4, 0.5) is 0 Å². The number of aliphatic hydroxyl groups is 1. The van der Waals surface area contributed by atoms with Crippen LogP contribution >= 0.6 is 0 Å². The molecule has 0 unspecified atom stereocenters. The summed E-state index contributed by atoms with van der Waals surface area (Å²) in [5.41, 5.74) is 0.351. The zero-order chi connectivity index (χ0) is 15.3. The number of benzene rings is 1. The van der Waals surface area contributed by atoms with E-state index in [1.54, 1.807) is 0 Å². The van der Waals surface area contributed by atoms with Crippen LogP contribution in [0.25, 0.3) is 0 Å². The van der Waals surface area contributed by atoms with Crippen LogP contribution in [0.5, 0.6) is 0 Å². The third-order valence-electron chi connectivity index (χ3n) is 4.37. The van der Waals surface area contributed by atoms with Gasteiger partial charge in [-0.3, -0.25) is 4.79 Å². The van der Waals surface area contributed by atoms with Crippen molar-refractivity contribution >= 4 is 5.91 Å². The molecule has 1 aromatic rings. The maximum atomic E-state index is 12.9. The molecule has 2 rings (SSSR count). The van der Waals surface area contributed by atoms with Gasteiger partial charge in [0.05, 0.1) is 5.41 Å². The van der Waals surface area contributed by atoms with Crippen molar-refractivity contribution in [2.45, 2.75) is 32.1 Å². The van der Waals surface area contributed by atoms with E-state index in [4.69, 9.17) is 0 Å². The summed E-state index contributed by atoms with van der Waals surface area (Å²) in [5.74, 6) is 0.0803. The van der Waals surface area contributed by atoms with Crippen LogP contribution in [-0.4, -0.2) is 37.3 Å². The fraction of sp³-hybridized carbons (Fsp3) is 0.588. The van der Waals surface area contributed by atoms with Crippen molar-refractivity contribution in [2.24, 2.45) is 5.41 Å². The van der Waals surface area contributed by atoms with Crippen molar-refractivity contribution in [3.05, 3.63) is 35.9 Å². The Bertz CT molecular complexity index is 465. The summed E-state index contributed by atoms with van der Waals surface area (Å²) < 4.78 is 0. The Labute approximate surface area is 126 Å². The topological polar surface area (TPSA) is 61.4 Å². The smallest absolute Gasteiger partial charge is 0.230 e. The molecule has 1 amide bonds. The molecule has 1 aliphatic heterocycles. The average molecular weight is 290 g/mol. The summed E-state index contributed by atoms with van der Waals surface area (Å²) in [5, 5.41) is 15.7. The molecular formula is C17H26N2O2. The molecule has 4 nitrogen and oxygen atoms in total. The first-order chi connectivity index (χ1) is 10.0. The van der Waals surface area contributed by atoms with Crippen LogP contribution < -0.4 is 10.6 Å². The standard InChI is InChI=1S/C17H26N2O2/c1-16(2,13-20)12-19-15(21)17(8-10-18-11-9-17)14-6-4-3-5-7-14/h3-7,18,20H,8-13H2,1-2H3,(H,19,21). The molecule has 0 spiro atoms. The van der Waals surface area contributed by atoms with Crippen molar-refractivity contribution in [2.75, 3.05) is 26.2 Å². The summed E-state index contributed by atoms with van der Waals surface area (Å²) in [6, 6.07) is 10.0. The highest BCUT2D eigenvalue weighted by atomic mass is 16.3. The van der Waals surface area contributed by atoms with Gasteiger partial charge in [0.15, 0.2) is 0 Å². The highest BCUT2D eigenvalue weighted by molar-refractivity contribution is 5.88. The Morgan fingerprint density at radius 2 is 1.90 bits per heavy atom. The van der Waals surface area contributed by atoms with Gasteiger partial charge >= 0.3 is 0 Å². The zero-order valence-corrected chi connectivity index (χ0v) is 13.0. The number of hydrogen-bond acceptors (Lipinski definition) is 3. The second-order valence-electron chi connectivity index (χ2n) is 6.70. The highest BCUT2D eigenvalue weighted by Gasteiger charge is 2.41. The zero-order valence-electron chi connectivity index (χ0n) is 13.0. The van der Waals surface area contributed by atoms with E-state index in [9.17, 15) is 9.90 Å². The van der Waals surface area contributed by atoms with Gasteiger partial charge in [0.1, 0.15) is 0 Å². The minimum atomic E-state index is -0.446. The Hall–Kier alpha value is -1.39. The fourth-order valence-electron chi connectivity index (χ4n) is 2.80. The fourth-order valence-corrected chi connectivity index (χ4v) is 2.80. The normalized spacial score (nSPS) is 18.2. The lowest BCUT2D eigenvalue weighted by Crippen LogP contribution is -2.52. The van der Waals surface area contributed by atoms with Gasteiger partial charge in [-0.2, -0.15) is 0 Å². The van der Waals surface area contributed by atoms with E-state index in [1.165, 1.54) is 0 Å². The largest absolute Gasteiger partial charge is 0.396 e. The highest BCUT2D eigenvalue weighted by Crippen LogP contribution is 2.34. The molecule has 21 heavy (non-hydrogen) atoms. The molecule has 0 aliphatic carbocycles. The van der Waals surface area contributed by atoms with Crippen LogP contribution in [0, 0.1) is 5.41 Å². The summed E-state index contributed by atoms with van der Waals surface area (Å²) >= 11 is 0. The summed E-state index contributed by atoms with van der Waals surface area (Å²) in [4.78, 5) is 12.9. The first-order valence-electron chi connectivity index (χ1n) is 7.66. The van der Waals surface area contributed by atoms with Gasteiger partial charge < -0.3 is 15.7 Å². The number of carbonyl (C=O) groups excluding carboxylic acids is 1. The van der Waals surface area contributed by atoms with Crippen molar-refractivity contribution in [1.29, 1.82) is 0 Å². The predicted octanol–water partition coefficient (Wildman–Crippen LogP) is 1.44. The van der Waals surface area contributed by atoms with Crippen LogP contribution in [-0.2, 0) is 10.2 Å². The SMILES string of the molecule is CC(C)(CO)CNC(=O)C1(c2ccccc2)CCNCC1. The molecular weight excluding hydrogens is 264 g/mol. The maximum absolute atomic E-state index is 12.9. The first-order valence-corrected chi connectivity index (χ1v) is 7.66. The monoisotopic (exact) mass is 290 g/mol. The summed E-state index contributed by atoms with van der Waals surface area (Å²) in [6.07, 6.45) is 1.62. The van der Waals surface area contributed by atoms with E-state index >= 15 is 0 Å². The van der Waals surface area contributed by atoms with E-state index in [2.05, 4.69) is 10.6 Å². The lowest BCUT2D eigenvalue weighted by molar-refractivity contribution is -0.128. The molecule has 0 atom stereocenters. The number of nitrogens with one attached hydrogen (secondary N) is 2. The number of piperidine rings is 1. The van der Waals surface area contributed by atoms with Crippen LogP contribution in [0.3, 0.4) is 0 Å². The predicted molar refractivity (Wildman–Crippen MR) is 84.1 cm³/mol. The van der Waals surface area contributed by atoms with Crippen molar-refractivity contribution < 1.29 is 9.90 Å². The number of amides is 1. The van der Waals surface area contributed by atoms with Gasteiger partial charge in [0.25, 0.3) is 0 Å². The third kappa shape index (κ3) is 3.63. The van der Waals surface area contributed by atoms with Crippen molar-refractivity contribution in [3.8, 4) is 0 Å². The number of aliphatic hydroxyl groups excluding tert-OH is 1. The molecule has 116 valence electrons. The summed E-state index contributed by atoms with van der Waals surface area (Å²) in [7, 11) is 0. The lowest BCUT2D eigenvalue weighted by Gasteiger charge is -2.37. The van der Waals surface area contributed by atoms with Crippen LogP contribution in [0.1, 0.15) is 32.3 Å². The quantitative estimate of drug-likeness (QED) is 0.769. The van der Waals surface area contributed by atoms with Gasteiger partial charge in [-0.25, -0.2) is 0 Å². The van der Waals surface area contributed by atoms with E-state index < -0.39 is 5.41 Å². The third-order valence-corrected chi connectivity index (χ3v) is 4.37. The second-order valence-corrected chi connectivity index (χ2v) is 6.70. The molecule has 0 radical (unpaired) electrons. The Balaban J connectivity index is 2.18. The first kappa shape index (κ1) is 16.0. The minimum absolute atomic E-state index is 0.0627. The van der Waals surface area contributed by atoms with E-state index in [0.29, 0.717) is 6.54 Å². The molecule has 0 aromatic heterocycles. The van der Waals surface area contributed by atoms with Gasteiger partial charge in [-0.05, 0) is 31.5 Å². The van der Waals surface area contributed by atoms with Crippen molar-refractivity contribution in [3.63, 3.8) is 0 Å². The molecule has 4 heteroatoms. The Morgan fingerprint density at radius 1 is 1.29 bits per heavy atom. The molecule has 1 fully saturated rings. The molecule has 1 aliphatic rings. The van der Waals surface area contributed by atoms with E-state index in [0.717, 1.165) is 31.5 Å². The Morgan fingerprint density at radius 3 is 2.48 bits per heavy atom. The number of carbonyl (C=O) groups is 1. The van der Waals surface area contributed by atoms with Crippen LogP contribution in [0.15, 0.2) is 30.3 Å². The van der Waals surface area contributed by atoms with Gasteiger partial charge in [0.2, 0.25) is 5.91 Å². The molecule has 1 saturated heterocycles. The van der Waals surface area contributed by atoms with Crippen LogP contribution in [0.2, 0.25) is 0 Å². The van der Waals surface area contributed by atoms with Crippen molar-refractivity contribution in [1.82, 2.24) is 10.6 Å². The average Bonchev–Trinajstić information content (AvgIpc) is 2.54. The van der Waals surface area contributed by atoms with E-state index in [1.807, 2.05) is 44.2 Å².